The lowest BCUT2D eigenvalue weighted by molar-refractivity contribution is 0.0938. The van der Waals surface area contributed by atoms with E-state index < -0.39 is 0 Å². The van der Waals surface area contributed by atoms with E-state index in [-0.39, 0.29) is 5.91 Å². The Morgan fingerprint density at radius 1 is 1.65 bits per heavy atom. The van der Waals surface area contributed by atoms with Gasteiger partial charge in [-0.3, -0.25) is 9.48 Å². The number of aryl methyl sites for hydroxylation is 1. The van der Waals surface area contributed by atoms with Crippen molar-refractivity contribution in [1.82, 2.24) is 15.1 Å². The molecule has 5 heteroatoms. The molecule has 1 aromatic rings. The second kappa shape index (κ2) is 3.48. The summed E-state index contributed by atoms with van der Waals surface area (Å²) < 4.78 is 1.57. The molecule has 2 aliphatic carbocycles. The summed E-state index contributed by atoms with van der Waals surface area (Å²) in [6.45, 7) is 0.784. The van der Waals surface area contributed by atoms with Crippen LogP contribution in [0.25, 0.3) is 0 Å². The lowest BCUT2D eigenvalue weighted by Crippen LogP contribution is -2.31. The predicted molar refractivity (Wildman–Crippen MR) is 64.3 cm³/mol. The molecule has 3 N–H and O–H groups in total. The molecule has 1 amide bonds. The normalized spacial score (nSPS) is 21.2. The molecule has 2 saturated carbocycles. The van der Waals surface area contributed by atoms with Crippen molar-refractivity contribution in [2.45, 2.75) is 25.7 Å². The predicted octanol–water partition coefficient (Wildman–Crippen LogP) is 0.922. The van der Waals surface area contributed by atoms with Crippen molar-refractivity contribution >= 4 is 11.6 Å². The molecule has 0 unspecified atom stereocenters. The van der Waals surface area contributed by atoms with Crippen molar-refractivity contribution in [2.24, 2.45) is 18.4 Å². The van der Waals surface area contributed by atoms with Crippen LogP contribution in [-0.4, -0.2) is 22.2 Å². The van der Waals surface area contributed by atoms with E-state index in [0.717, 1.165) is 12.5 Å². The maximum atomic E-state index is 11.9. The summed E-state index contributed by atoms with van der Waals surface area (Å²) in [5, 5.41) is 7.05. The highest BCUT2D eigenvalue weighted by molar-refractivity contribution is 5.97. The number of nitrogens with zero attached hydrogens (tertiary/aromatic N) is 2. The molecule has 0 bridgehead atoms. The minimum Gasteiger partial charge on any atom is -0.396 e. The van der Waals surface area contributed by atoms with Gasteiger partial charge in [-0.25, -0.2) is 0 Å². The topological polar surface area (TPSA) is 72.9 Å². The number of rotatable bonds is 4. The molecule has 0 atom stereocenters. The molecule has 0 aromatic carbocycles. The fraction of sp³-hybridized carbons (Fsp3) is 0.667. The highest BCUT2D eigenvalue weighted by atomic mass is 16.2. The smallest absolute Gasteiger partial charge is 0.273 e. The fourth-order valence-electron chi connectivity index (χ4n) is 2.61. The molecule has 1 heterocycles. The van der Waals surface area contributed by atoms with Gasteiger partial charge in [0.15, 0.2) is 5.69 Å². The first kappa shape index (κ1) is 10.6. The third-order valence-electron chi connectivity index (χ3n) is 4.01. The fourth-order valence-corrected chi connectivity index (χ4v) is 2.61. The quantitative estimate of drug-likeness (QED) is 0.813. The first-order valence-electron chi connectivity index (χ1n) is 6.18. The lowest BCUT2D eigenvalue weighted by Gasteiger charge is -2.14. The molecular weight excluding hydrogens is 216 g/mol. The largest absolute Gasteiger partial charge is 0.396 e. The Balaban J connectivity index is 1.62. The Kier molecular flexibility index (Phi) is 2.18. The maximum absolute atomic E-state index is 11.9. The third-order valence-corrected chi connectivity index (χ3v) is 4.01. The van der Waals surface area contributed by atoms with Crippen molar-refractivity contribution in [2.75, 3.05) is 12.3 Å². The third kappa shape index (κ3) is 1.90. The lowest BCUT2D eigenvalue weighted by atomic mass is 10.0. The first-order valence-corrected chi connectivity index (χ1v) is 6.18. The van der Waals surface area contributed by atoms with Crippen molar-refractivity contribution in [1.29, 1.82) is 0 Å². The van der Waals surface area contributed by atoms with Crippen LogP contribution in [0.5, 0.6) is 0 Å². The van der Waals surface area contributed by atoms with Crippen LogP contribution < -0.4 is 11.1 Å². The number of nitrogens with one attached hydrogen (secondary N) is 1. The summed E-state index contributed by atoms with van der Waals surface area (Å²) >= 11 is 0. The minimum absolute atomic E-state index is 0.143. The summed E-state index contributed by atoms with van der Waals surface area (Å²) in [5.41, 5.74) is 6.93. The number of nitrogen functional groups attached to an aromatic ring is 1. The van der Waals surface area contributed by atoms with E-state index in [1.54, 1.807) is 17.9 Å². The van der Waals surface area contributed by atoms with E-state index >= 15 is 0 Å². The van der Waals surface area contributed by atoms with Crippen LogP contribution >= 0.6 is 0 Å². The van der Waals surface area contributed by atoms with Gasteiger partial charge in [0.25, 0.3) is 5.91 Å². The first-order chi connectivity index (χ1) is 8.11. The zero-order valence-corrected chi connectivity index (χ0v) is 10.1. The van der Waals surface area contributed by atoms with Gasteiger partial charge in [-0.1, -0.05) is 0 Å². The van der Waals surface area contributed by atoms with Crippen molar-refractivity contribution in [3.8, 4) is 0 Å². The van der Waals surface area contributed by atoms with Gasteiger partial charge >= 0.3 is 0 Å². The molecule has 17 heavy (non-hydrogen) atoms. The molecule has 0 spiro atoms. The van der Waals surface area contributed by atoms with Crippen molar-refractivity contribution in [3.63, 3.8) is 0 Å². The van der Waals surface area contributed by atoms with Crippen LogP contribution in [-0.2, 0) is 7.05 Å². The molecule has 5 nitrogen and oxygen atoms in total. The second-order valence-electron chi connectivity index (χ2n) is 5.43. The van der Waals surface area contributed by atoms with Gasteiger partial charge in [-0.2, -0.15) is 5.10 Å². The molecule has 0 saturated heterocycles. The highest BCUT2D eigenvalue weighted by Crippen LogP contribution is 2.60. The minimum atomic E-state index is -0.143. The van der Waals surface area contributed by atoms with Crippen molar-refractivity contribution < 1.29 is 4.79 Å². The summed E-state index contributed by atoms with van der Waals surface area (Å²) in [6.07, 6.45) is 6.84. The van der Waals surface area contributed by atoms with Crippen LogP contribution in [0.3, 0.4) is 0 Å². The van der Waals surface area contributed by atoms with Gasteiger partial charge in [0.1, 0.15) is 0 Å². The Bertz CT molecular complexity index is 457. The van der Waals surface area contributed by atoms with E-state index in [1.807, 2.05) is 0 Å². The maximum Gasteiger partial charge on any atom is 0.273 e. The summed E-state index contributed by atoms with van der Waals surface area (Å²) in [5.74, 6) is 0.707. The average molecular weight is 234 g/mol. The van der Waals surface area contributed by atoms with Crippen LogP contribution in [0.4, 0.5) is 5.69 Å². The van der Waals surface area contributed by atoms with Crippen LogP contribution in [0.15, 0.2) is 6.20 Å². The summed E-state index contributed by atoms with van der Waals surface area (Å²) in [7, 11) is 1.76. The van der Waals surface area contributed by atoms with Gasteiger partial charge < -0.3 is 11.1 Å². The average Bonchev–Trinajstić information content (AvgIpc) is 3.13. The van der Waals surface area contributed by atoms with E-state index in [2.05, 4.69) is 10.4 Å². The van der Waals surface area contributed by atoms with Crippen molar-refractivity contribution in [3.05, 3.63) is 11.9 Å². The van der Waals surface area contributed by atoms with Gasteiger partial charge in [-0.05, 0) is 37.0 Å². The molecule has 2 aliphatic rings. The Hall–Kier alpha value is -1.52. The van der Waals surface area contributed by atoms with E-state index in [0.29, 0.717) is 16.8 Å². The molecule has 92 valence electrons. The Morgan fingerprint density at radius 2 is 2.35 bits per heavy atom. The number of hydrogen-bond donors (Lipinski definition) is 2. The van der Waals surface area contributed by atoms with Gasteiger partial charge in [-0.15, -0.1) is 0 Å². The Labute approximate surface area is 100 Å². The van der Waals surface area contributed by atoms with E-state index in [1.165, 1.54) is 25.7 Å². The molecule has 3 rings (SSSR count). The monoisotopic (exact) mass is 234 g/mol. The summed E-state index contributed by atoms with van der Waals surface area (Å²) in [6, 6.07) is 0. The summed E-state index contributed by atoms with van der Waals surface area (Å²) in [4.78, 5) is 11.9. The number of hydrogen-bond acceptors (Lipinski definition) is 3. The van der Waals surface area contributed by atoms with E-state index in [9.17, 15) is 4.79 Å². The molecule has 0 radical (unpaired) electrons. The van der Waals surface area contributed by atoms with E-state index in [4.69, 9.17) is 5.73 Å². The van der Waals surface area contributed by atoms with Gasteiger partial charge in [0.2, 0.25) is 0 Å². The zero-order chi connectivity index (χ0) is 12.0. The SMILES string of the molecule is Cn1cc(N)c(C(=O)NCC2(C3CC3)CC2)n1. The standard InChI is InChI=1S/C12H18N4O/c1-16-6-9(13)10(15-16)11(17)14-7-12(4-5-12)8-2-3-8/h6,8H,2-5,7,13H2,1H3,(H,14,17). The van der Waals surface area contributed by atoms with Crippen LogP contribution in [0.1, 0.15) is 36.2 Å². The number of aromatic nitrogens is 2. The van der Waals surface area contributed by atoms with Crippen LogP contribution in [0, 0.1) is 11.3 Å². The number of amides is 1. The number of carbonyl (C=O) groups excluding carboxylic acids is 1. The Morgan fingerprint density at radius 3 is 2.82 bits per heavy atom. The molecule has 0 aliphatic heterocycles. The number of carbonyl (C=O) groups is 1. The van der Waals surface area contributed by atoms with Crippen LogP contribution in [0.2, 0.25) is 0 Å². The zero-order valence-electron chi connectivity index (χ0n) is 10.1. The highest BCUT2D eigenvalue weighted by Gasteiger charge is 2.53. The second-order valence-corrected chi connectivity index (χ2v) is 5.43. The van der Waals surface area contributed by atoms with Gasteiger partial charge in [0, 0.05) is 19.8 Å². The number of anilines is 1. The van der Waals surface area contributed by atoms with Gasteiger partial charge in [0.05, 0.1) is 5.69 Å². The molecule has 1 aromatic heterocycles. The molecule has 2 fully saturated rings. The number of nitrogens with two attached hydrogens (primary N) is 1. The molecular formula is C12H18N4O.